The van der Waals surface area contributed by atoms with Crippen molar-refractivity contribution in [2.24, 2.45) is 0 Å². The number of carbonyl (C=O) groups excluding carboxylic acids is 1. The van der Waals surface area contributed by atoms with Crippen molar-refractivity contribution in [2.75, 3.05) is 20.3 Å². The summed E-state index contributed by atoms with van der Waals surface area (Å²) < 4.78 is 38.9. The third-order valence-corrected chi connectivity index (χ3v) is 5.34. The standard InChI is InChI=1S/C21H22F2N2O3/c1-27-19-8-6-16(11-24-19)20(26)25-13-21(22,23)10-17(25)12-28-18-7-5-14-3-2-4-15(14)9-18/h5-9,11,17H,2-4,10,12-13H2,1H3/t17-/m0/s1. The van der Waals surface area contributed by atoms with Gasteiger partial charge in [0.15, 0.2) is 0 Å². The van der Waals surface area contributed by atoms with Crippen molar-refractivity contribution in [3.8, 4) is 11.6 Å². The maximum Gasteiger partial charge on any atom is 0.267 e. The van der Waals surface area contributed by atoms with Crippen LogP contribution in [0.1, 0.15) is 34.3 Å². The van der Waals surface area contributed by atoms with Crippen LogP contribution in [0.4, 0.5) is 8.78 Å². The third kappa shape index (κ3) is 3.79. The Bertz CT molecular complexity index is 870. The number of amides is 1. The lowest BCUT2D eigenvalue weighted by Crippen LogP contribution is -2.39. The van der Waals surface area contributed by atoms with Crippen LogP contribution in [0, 0.1) is 0 Å². The molecule has 1 aliphatic heterocycles. The smallest absolute Gasteiger partial charge is 0.267 e. The third-order valence-electron chi connectivity index (χ3n) is 5.34. The molecular formula is C21H22F2N2O3. The summed E-state index contributed by atoms with van der Waals surface area (Å²) in [6.07, 6.45) is 4.15. The molecule has 1 aromatic carbocycles. The Balaban J connectivity index is 1.47. The summed E-state index contributed by atoms with van der Waals surface area (Å²) in [5, 5.41) is 0. The number of fused-ring (bicyclic) bond motifs is 1. The van der Waals surface area contributed by atoms with Gasteiger partial charge in [-0.15, -0.1) is 0 Å². The number of alkyl halides is 2. The summed E-state index contributed by atoms with van der Waals surface area (Å²) in [6.45, 7) is -0.584. The van der Waals surface area contributed by atoms with Crippen LogP contribution in [0.3, 0.4) is 0 Å². The predicted octanol–water partition coefficient (Wildman–Crippen LogP) is 3.51. The minimum atomic E-state index is -2.93. The fourth-order valence-corrected chi connectivity index (χ4v) is 3.91. The molecule has 2 aromatic rings. The summed E-state index contributed by atoms with van der Waals surface area (Å²) in [4.78, 5) is 17.9. The highest BCUT2D eigenvalue weighted by molar-refractivity contribution is 5.94. The largest absolute Gasteiger partial charge is 0.491 e. The molecule has 1 atom stereocenters. The molecule has 2 aliphatic rings. The van der Waals surface area contributed by atoms with Crippen molar-refractivity contribution in [3.63, 3.8) is 0 Å². The Labute approximate surface area is 162 Å². The second-order valence-electron chi connectivity index (χ2n) is 7.33. The van der Waals surface area contributed by atoms with E-state index in [1.54, 1.807) is 0 Å². The Morgan fingerprint density at radius 2 is 2.07 bits per heavy atom. The van der Waals surface area contributed by atoms with E-state index in [1.165, 1.54) is 41.5 Å². The van der Waals surface area contributed by atoms with Gasteiger partial charge in [0.05, 0.1) is 25.3 Å². The number of hydrogen-bond donors (Lipinski definition) is 0. The number of aryl methyl sites for hydroxylation is 2. The molecular weight excluding hydrogens is 366 g/mol. The van der Waals surface area contributed by atoms with E-state index in [2.05, 4.69) is 4.98 Å². The summed E-state index contributed by atoms with van der Waals surface area (Å²) in [6, 6.07) is 8.26. The zero-order valence-corrected chi connectivity index (χ0v) is 15.7. The topological polar surface area (TPSA) is 51.7 Å². The van der Waals surface area contributed by atoms with Gasteiger partial charge in [0.2, 0.25) is 5.88 Å². The number of rotatable bonds is 5. The van der Waals surface area contributed by atoms with Gasteiger partial charge in [-0.25, -0.2) is 13.8 Å². The van der Waals surface area contributed by atoms with Crippen LogP contribution < -0.4 is 9.47 Å². The average molecular weight is 388 g/mol. The molecule has 1 fully saturated rings. The van der Waals surface area contributed by atoms with Gasteiger partial charge in [0, 0.05) is 18.7 Å². The van der Waals surface area contributed by atoms with Crippen molar-refractivity contribution >= 4 is 5.91 Å². The highest BCUT2D eigenvalue weighted by atomic mass is 19.3. The lowest BCUT2D eigenvalue weighted by Gasteiger charge is -2.24. The molecule has 0 radical (unpaired) electrons. The number of aromatic nitrogens is 1. The Kier molecular flexibility index (Phi) is 4.91. The van der Waals surface area contributed by atoms with Gasteiger partial charge in [-0.05, 0) is 48.6 Å². The van der Waals surface area contributed by atoms with Crippen LogP contribution in [0.5, 0.6) is 11.6 Å². The maximum absolute atomic E-state index is 14.1. The summed E-state index contributed by atoms with van der Waals surface area (Å²) in [5.41, 5.74) is 2.83. The molecule has 1 amide bonds. The Morgan fingerprint density at radius 1 is 1.25 bits per heavy atom. The van der Waals surface area contributed by atoms with Crippen molar-refractivity contribution in [3.05, 3.63) is 53.2 Å². The quantitative estimate of drug-likeness (QED) is 0.787. The van der Waals surface area contributed by atoms with Crippen molar-refractivity contribution in [1.82, 2.24) is 9.88 Å². The van der Waals surface area contributed by atoms with Gasteiger partial charge in [-0.1, -0.05) is 6.07 Å². The summed E-state index contributed by atoms with van der Waals surface area (Å²) >= 11 is 0. The molecule has 0 N–H and O–H groups in total. The van der Waals surface area contributed by atoms with E-state index in [4.69, 9.17) is 9.47 Å². The Morgan fingerprint density at radius 3 is 2.82 bits per heavy atom. The van der Waals surface area contributed by atoms with Gasteiger partial charge in [-0.3, -0.25) is 4.79 Å². The first kappa shape index (κ1) is 18.7. The van der Waals surface area contributed by atoms with Crippen molar-refractivity contribution in [1.29, 1.82) is 0 Å². The maximum atomic E-state index is 14.1. The molecule has 1 aromatic heterocycles. The van der Waals surface area contributed by atoms with Gasteiger partial charge in [0.1, 0.15) is 12.4 Å². The Hall–Kier alpha value is -2.70. The molecule has 0 saturated carbocycles. The molecule has 0 spiro atoms. The number of halogens is 2. The van der Waals surface area contributed by atoms with Crippen LogP contribution in [0.2, 0.25) is 0 Å². The highest BCUT2D eigenvalue weighted by Gasteiger charge is 2.47. The number of carbonyl (C=O) groups is 1. The number of nitrogens with zero attached hydrogens (tertiary/aromatic N) is 2. The second kappa shape index (κ2) is 7.37. The fourth-order valence-electron chi connectivity index (χ4n) is 3.91. The summed E-state index contributed by atoms with van der Waals surface area (Å²) in [5.74, 6) is -2.38. The summed E-state index contributed by atoms with van der Waals surface area (Å²) in [7, 11) is 1.47. The van der Waals surface area contributed by atoms with Crippen molar-refractivity contribution in [2.45, 2.75) is 37.6 Å². The highest BCUT2D eigenvalue weighted by Crippen LogP contribution is 2.34. The van der Waals surface area contributed by atoms with Crippen LogP contribution in [0.15, 0.2) is 36.5 Å². The lowest BCUT2D eigenvalue weighted by atomic mass is 10.1. The second-order valence-corrected chi connectivity index (χ2v) is 7.33. The van der Waals surface area contributed by atoms with E-state index in [1.807, 2.05) is 18.2 Å². The van der Waals surface area contributed by atoms with Crippen LogP contribution in [-0.2, 0) is 12.8 Å². The molecule has 5 nitrogen and oxygen atoms in total. The lowest BCUT2D eigenvalue weighted by molar-refractivity contribution is 0.0116. The molecule has 0 unspecified atom stereocenters. The monoisotopic (exact) mass is 388 g/mol. The van der Waals surface area contributed by atoms with E-state index < -0.39 is 30.8 Å². The average Bonchev–Trinajstić information content (AvgIpc) is 3.28. The molecule has 0 bridgehead atoms. The van der Waals surface area contributed by atoms with E-state index in [9.17, 15) is 13.6 Å². The molecule has 1 saturated heterocycles. The van der Waals surface area contributed by atoms with Gasteiger partial charge in [0.25, 0.3) is 11.8 Å². The molecule has 2 heterocycles. The number of ether oxygens (including phenoxy) is 2. The zero-order chi connectivity index (χ0) is 19.7. The van der Waals surface area contributed by atoms with E-state index >= 15 is 0 Å². The SMILES string of the molecule is COc1ccc(C(=O)N2CC(F)(F)C[C@H]2COc2ccc3c(c2)CCC3)cn1. The fraction of sp³-hybridized carbons (Fsp3) is 0.429. The van der Waals surface area contributed by atoms with E-state index in [0.717, 1.165) is 19.3 Å². The first-order valence-electron chi connectivity index (χ1n) is 9.39. The van der Waals surface area contributed by atoms with Crippen LogP contribution in [0.25, 0.3) is 0 Å². The molecule has 148 valence electrons. The number of methoxy groups -OCH3 is 1. The molecule has 4 rings (SSSR count). The van der Waals surface area contributed by atoms with E-state index in [-0.39, 0.29) is 12.2 Å². The number of hydrogen-bond acceptors (Lipinski definition) is 4. The van der Waals surface area contributed by atoms with Crippen LogP contribution >= 0.6 is 0 Å². The number of pyridine rings is 1. The minimum absolute atomic E-state index is 0.0314. The zero-order valence-electron chi connectivity index (χ0n) is 15.7. The first-order chi connectivity index (χ1) is 13.4. The number of likely N-dealkylation sites (tertiary alicyclic amines) is 1. The molecule has 7 heteroatoms. The number of benzene rings is 1. The van der Waals surface area contributed by atoms with Gasteiger partial charge >= 0.3 is 0 Å². The predicted molar refractivity (Wildman–Crippen MR) is 99.1 cm³/mol. The minimum Gasteiger partial charge on any atom is -0.491 e. The van der Waals surface area contributed by atoms with Crippen LogP contribution in [-0.4, -0.2) is 48.0 Å². The first-order valence-corrected chi connectivity index (χ1v) is 9.39. The normalized spacial score (nSPS) is 20.1. The van der Waals surface area contributed by atoms with Crippen molar-refractivity contribution < 1.29 is 23.0 Å². The molecule has 28 heavy (non-hydrogen) atoms. The van der Waals surface area contributed by atoms with Gasteiger partial charge < -0.3 is 14.4 Å². The molecule has 1 aliphatic carbocycles. The van der Waals surface area contributed by atoms with Gasteiger partial charge in [-0.2, -0.15) is 0 Å². The van der Waals surface area contributed by atoms with E-state index in [0.29, 0.717) is 11.6 Å².